The average Bonchev–Trinajstić information content (AvgIpc) is 3.30. The Kier molecular flexibility index (Phi) is 5.65. The summed E-state index contributed by atoms with van der Waals surface area (Å²) in [5.74, 6) is -0.991. The Labute approximate surface area is 158 Å². The highest BCUT2D eigenvalue weighted by Crippen LogP contribution is 2.28. The number of nitrogens with one attached hydrogen (secondary N) is 1. The van der Waals surface area contributed by atoms with Gasteiger partial charge in [-0.1, -0.05) is 19.1 Å². The van der Waals surface area contributed by atoms with E-state index >= 15 is 0 Å². The highest BCUT2D eigenvalue weighted by Gasteiger charge is 2.23. The Morgan fingerprint density at radius 3 is 2.81 bits per heavy atom. The molecule has 0 saturated carbocycles. The number of amides is 1. The van der Waals surface area contributed by atoms with E-state index in [4.69, 9.17) is 10.5 Å². The Morgan fingerprint density at radius 1 is 1.27 bits per heavy atom. The van der Waals surface area contributed by atoms with Gasteiger partial charge in [0.1, 0.15) is 0 Å². The SMILES string of the molecule is CCC(OC(=O)c1cccc(N)c1)C(=O)Nc1nc(-c2cccs2)cs1. The van der Waals surface area contributed by atoms with E-state index in [2.05, 4.69) is 10.3 Å². The van der Waals surface area contributed by atoms with Crippen LogP contribution in [0.5, 0.6) is 0 Å². The summed E-state index contributed by atoms with van der Waals surface area (Å²) >= 11 is 2.91. The topological polar surface area (TPSA) is 94.3 Å². The lowest BCUT2D eigenvalue weighted by atomic mass is 10.2. The Hall–Kier alpha value is -2.71. The third-order valence-corrected chi connectivity index (χ3v) is 5.19. The van der Waals surface area contributed by atoms with Crippen LogP contribution in [0.2, 0.25) is 0 Å². The molecule has 3 N–H and O–H groups in total. The van der Waals surface area contributed by atoms with Gasteiger partial charge in [-0.15, -0.1) is 22.7 Å². The van der Waals surface area contributed by atoms with Gasteiger partial charge < -0.3 is 10.5 Å². The number of anilines is 2. The van der Waals surface area contributed by atoms with E-state index in [0.29, 0.717) is 22.8 Å². The van der Waals surface area contributed by atoms with Crippen molar-refractivity contribution in [2.75, 3.05) is 11.1 Å². The number of nitrogens with zero attached hydrogens (tertiary/aromatic N) is 1. The number of nitrogen functional groups attached to an aromatic ring is 1. The monoisotopic (exact) mass is 387 g/mol. The number of esters is 1. The van der Waals surface area contributed by atoms with Crippen molar-refractivity contribution >= 4 is 45.4 Å². The predicted octanol–water partition coefficient (Wildman–Crippen LogP) is 4.03. The minimum atomic E-state index is -0.905. The van der Waals surface area contributed by atoms with Gasteiger partial charge in [-0.25, -0.2) is 9.78 Å². The van der Waals surface area contributed by atoms with Crippen LogP contribution < -0.4 is 11.1 Å². The van der Waals surface area contributed by atoms with E-state index in [0.717, 1.165) is 10.6 Å². The smallest absolute Gasteiger partial charge is 0.338 e. The fourth-order valence-corrected chi connectivity index (χ4v) is 3.71. The molecule has 0 spiro atoms. The van der Waals surface area contributed by atoms with Crippen LogP contribution >= 0.6 is 22.7 Å². The van der Waals surface area contributed by atoms with Crippen molar-refractivity contribution in [3.63, 3.8) is 0 Å². The third-order valence-electron chi connectivity index (χ3n) is 3.54. The zero-order chi connectivity index (χ0) is 18.5. The minimum absolute atomic E-state index is 0.311. The highest BCUT2D eigenvalue weighted by atomic mass is 32.1. The molecule has 0 radical (unpaired) electrons. The van der Waals surface area contributed by atoms with Crippen molar-refractivity contribution < 1.29 is 14.3 Å². The van der Waals surface area contributed by atoms with Crippen molar-refractivity contribution in [3.8, 4) is 10.6 Å². The zero-order valence-corrected chi connectivity index (χ0v) is 15.6. The second kappa shape index (κ2) is 8.11. The molecule has 2 aromatic heterocycles. The van der Waals surface area contributed by atoms with Crippen molar-refractivity contribution in [1.82, 2.24) is 4.98 Å². The summed E-state index contributed by atoms with van der Waals surface area (Å²) in [6.45, 7) is 1.77. The van der Waals surface area contributed by atoms with Crippen LogP contribution in [0, 0.1) is 0 Å². The molecule has 2 heterocycles. The largest absolute Gasteiger partial charge is 0.449 e. The number of aromatic nitrogens is 1. The molecule has 0 aliphatic heterocycles. The first-order chi connectivity index (χ1) is 12.6. The Bertz CT molecular complexity index is 906. The molecule has 26 heavy (non-hydrogen) atoms. The average molecular weight is 387 g/mol. The summed E-state index contributed by atoms with van der Waals surface area (Å²) in [5, 5.41) is 7.03. The van der Waals surface area contributed by atoms with Crippen molar-refractivity contribution in [3.05, 3.63) is 52.7 Å². The predicted molar refractivity (Wildman–Crippen MR) is 104 cm³/mol. The molecular formula is C18H17N3O3S2. The summed E-state index contributed by atoms with van der Waals surface area (Å²) in [6, 6.07) is 10.4. The van der Waals surface area contributed by atoms with Crippen LogP contribution in [-0.4, -0.2) is 23.0 Å². The summed E-state index contributed by atoms with van der Waals surface area (Å²) < 4.78 is 5.33. The first-order valence-corrected chi connectivity index (χ1v) is 9.69. The lowest BCUT2D eigenvalue weighted by Gasteiger charge is -2.15. The van der Waals surface area contributed by atoms with Crippen molar-refractivity contribution in [1.29, 1.82) is 0 Å². The molecule has 1 atom stereocenters. The molecule has 0 aliphatic carbocycles. The number of carbonyl (C=O) groups excluding carboxylic acids is 2. The van der Waals surface area contributed by atoms with Gasteiger partial charge >= 0.3 is 5.97 Å². The lowest BCUT2D eigenvalue weighted by Crippen LogP contribution is -2.32. The summed E-state index contributed by atoms with van der Waals surface area (Å²) in [4.78, 5) is 30.1. The maximum Gasteiger partial charge on any atom is 0.338 e. The van der Waals surface area contributed by atoms with E-state index in [9.17, 15) is 9.59 Å². The molecule has 3 aromatic rings. The number of rotatable bonds is 6. The van der Waals surface area contributed by atoms with Gasteiger partial charge in [0.15, 0.2) is 11.2 Å². The van der Waals surface area contributed by atoms with Gasteiger partial charge in [0.25, 0.3) is 5.91 Å². The number of nitrogens with two attached hydrogens (primary N) is 1. The maximum atomic E-state index is 12.4. The van der Waals surface area contributed by atoms with Crippen LogP contribution in [-0.2, 0) is 9.53 Å². The standard InChI is InChI=1S/C18H17N3O3S2/c1-2-14(24-17(23)11-5-3-6-12(19)9-11)16(22)21-18-20-13(10-26-18)15-7-4-8-25-15/h3-10,14H,2,19H2,1H3,(H,20,21,22). The number of benzene rings is 1. The van der Waals surface area contributed by atoms with Crippen molar-refractivity contribution in [2.45, 2.75) is 19.4 Å². The van der Waals surface area contributed by atoms with E-state index < -0.39 is 18.0 Å². The first-order valence-electron chi connectivity index (χ1n) is 7.93. The number of hydrogen-bond donors (Lipinski definition) is 2. The van der Waals surface area contributed by atoms with E-state index in [1.807, 2.05) is 22.9 Å². The summed E-state index contributed by atoms with van der Waals surface area (Å²) in [5.41, 5.74) is 7.25. The fourth-order valence-electron chi connectivity index (χ4n) is 2.24. The van der Waals surface area contributed by atoms with Gasteiger partial charge in [0.2, 0.25) is 0 Å². The molecule has 0 saturated heterocycles. The quantitative estimate of drug-likeness (QED) is 0.492. The second-order valence-electron chi connectivity index (χ2n) is 5.43. The van der Waals surface area contributed by atoms with Gasteiger partial charge in [0.05, 0.1) is 16.1 Å². The van der Waals surface area contributed by atoms with Gasteiger partial charge in [0, 0.05) is 11.1 Å². The maximum absolute atomic E-state index is 12.4. The normalized spacial score (nSPS) is 11.7. The highest BCUT2D eigenvalue weighted by molar-refractivity contribution is 7.16. The number of thiophene rings is 1. The second-order valence-corrected chi connectivity index (χ2v) is 7.24. The summed E-state index contributed by atoms with van der Waals surface area (Å²) in [6.07, 6.45) is -0.554. The van der Waals surface area contributed by atoms with Crippen LogP contribution in [0.25, 0.3) is 10.6 Å². The number of hydrogen-bond acceptors (Lipinski definition) is 7. The molecule has 0 aliphatic rings. The fraction of sp³-hybridized carbons (Fsp3) is 0.167. The van der Waals surface area contributed by atoms with Crippen molar-refractivity contribution in [2.24, 2.45) is 0 Å². The van der Waals surface area contributed by atoms with Crippen LogP contribution in [0.4, 0.5) is 10.8 Å². The molecule has 8 heteroatoms. The molecule has 134 valence electrons. The van der Waals surface area contributed by atoms with E-state index in [1.165, 1.54) is 17.4 Å². The van der Waals surface area contributed by atoms with Crippen LogP contribution in [0.3, 0.4) is 0 Å². The van der Waals surface area contributed by atoms with E-state index in [1.54, 1.807) is 36.5 Å². The Balaban J connectivity index is 1.64. The first kappa shape index (κ1) is 18.1. The van der Waals surface area contributed by atoms with Gasteiger partial charge in [-0.2, -0.15) is 0 Å². The number of thiazole rings is 1. The molecule has 3 rings (SSSR count). The van der Waals surface area contributed by atoms with Gasteiger partial charge in [-0.05, 0) is 36.1 Å². The Morgan fingerprint density at radius 2 is 2.12 bits per heavy atom. The van der Waals surface area contributed by atoms with Gasteiger partial charge in [-0.3, -0.25) is 10.1 Å². The molecule has 0 bridgehead atoms. The lowest BCUT2D eigenvalue weighted by molar-refractivity contribution is -0.124. The zero-order valence-electron chi connectivity index (χ0n) is 14.0. The molecule has 1 unspecified atom stereocenters. The van der Waals surface area contributed by atoms with Crippen LogP contribution in [0.15, 0.2) is 47.2 Å². The molecule has 1 amide bonds. The molecule has 0 fully saturated rings. The minimum Gasteiger partial charge on any atom is -0.449 e. The number of ether oxygens (including phenoxy) is 1. The number of carbonyl (C=O) groups is 2. The summed E-state index contributed by atoms with van der Waals surface area (Å²) in [7, 11) is 0. The molecular weight excluding hydrogens is 370 g/mol. The molecule has 6 nitrogen and oxygen atoms in total. The van der Waals surface area contributed by atoms with E-state index in [-0.39, 0.29) is 0 Å². The molecule has 1 aromatic carbocycles. The van der Waals surface area contributed by atoms with Crippen LogP contribution in [0.1, 0.15) is 23.7 Å². The third kappa shape index (κ3) is 4.27.